The second kappa shape index (κ2) is 10.6. The molecule has 2 aromatic carbocycles. The number of amides is 4. The van der Waals surface area contributed by atoms with Crippen molar-refractivity contribution in [3.8, 4) is 0 Å². The number of para-hydroxylation sites is 1. The number of piperazine rings is 1. The molecule has 2 aromatic rings. The summed E-state index contributed by atoms with van der Waals surface area (Å²) in [6.45, 7) is 5.86. The van der Waals surface area contributed by atoms with Gasteiger partial charge in [-0.15, -0.1) is 0 Å². The van der Waals surface area contributed by atoms with Gasteiger partial charge in [-0.2, -0.15) is 0 Å². The third-order valence-corrected chi connectivity index (χ3v) is 6.35. The summed E-state index contributed by atoms with van der Waals surface area (Å²) in [6.07, 6.45) is -0.260. The van der Waals surface area contributed by atoms with E-state index in [9.17, 15) is 19.2 Å². The highest BCUT2D eigenvalue weighted by molar-refractivity contribution is 6.07. The number of ether oxygens (including phenoxy) is 1. The van der Waals surface area contributed by atoms with Crippen LogP contribution in [0.3, 0.4) is 0 Å². The molecule has 0 bridgehead atoms. The molecule has 0 spiro atoms. The zero-order valence-corrected chi connectivity index (χ0v) is 20.0. The average Bonchev–Trinajstić information content (AvgIpc) is 3.26. The van der Waals surface area contributed by atoms with Crippen molar-refractivity contribution in [2.24, 2.45) is 5.92 Å². The maximum Gasteiger partial charge on any atom is 0.409 e. The van der Waals surface area contributed by atoms with E-state index in [1.54, 1.807) is 45.9 Å². The minimum atomic E-state index is -0.514. The van der Waals surface area contributed by atoms with Gasteiger partial charge in [0.15, 0.2) is 0 Å². The van der Waals surface area contributed by atoms with Crippen LogP contribution in [0, 0.1) is 12.8 Å². The smallest absolute Gasteiger partial charge is 0.409 e. The molecule has 35 heavy (non-hydrogen) atoms. The third kappa shape index (κ3) is 5.45. The molecule has 2 aliphatic heterocycles. The number of carbonyl (C=O) groups is 4. The van der Waals surface area contributed by atoms with Crippen molar-refractivity contribution in [3.05, 3.63) is 59.7 Å². The SMILES string of the molecule is CCOC(=O)N1CCN(C(=O)c2ccccc2NC(=O)C2CC(=O)N(c3ccc(C)cc3)C2)CC1. The number of nitrogens with zero attached hydrogens (tertiary/aromatic N) is 3. The van der Waals surface area contributed by atoms with E-state index in [1.807, 2.05) is 31.2 Å². The summed E-state index contributed by atoms with van der Waals surface area (Å²) in [5, 5.41) is 2.87. The molecule has 9 nitrogen and oxygen atoms in total. The number of carbonyl (C=O) groups excluding carboxylic acids is 4. The fourth-order valence-electron chi connectivity index (χ4n) is 4.35. The van der Waals surface area contributed by atoms with Crippen molar-refractivity contribution in [1.82, 2.24) is 9.80 Å². The molecule has 184 valence electrons. The zero-order valence-electron chi connectivity index (χ0n) is 20.0. The molecular weight excluding hydrogens is 448 g/mol. The highest BCUT2D eigenvalue weighted by atomic mass is 16.6. The Labute approximate surface area is 204 Å². The topological polar surface area (TPSA) is 99.3 Å². The van der Waals surface area contributed by atoms with E-state index in [0.717, 1.165) is 11.3 Å². The number of benzene rings is 2. The van der Waals surface area contributed by atoms with Gasteiger partial charge in [0.1, 0.15) is 0 Å². The molecule has 9 heteroatoms. The molecule has 0 aromatic heterocycles. The van der Waals surface area contributed by atoms with Gasteiger partial charge in [0.2, 0.25) is 11.8 Å². The van der Waals surface area contributed by atoms with E-state index >= 15 is 0 Å². The van der Waals surface area contributed by atoms with Crippen LogP contribution in [0.2, 0.25) is 0 Å². The summed E-state index contributed by atoms with van der Waals surface area (Å²) >= 11 is 0. The van der Waals surface area contributed by atoms with Gasteiger partial charge in [0.25, 0.3) is 5.91 Å². The molecule has 4 amide bonds. The van der Waals surface area contributed by atoms with Crippen molar-refractivity contribution in [3.63, 3.8) is 0 Å². The first kappa shape index (κ1) is 24.3. The van der Waals surface area contributed by atoms with Gasteiger partial charge >= 0.3 is 6.09 Å². The number of hydrogen-bond donors (Lipinski definition) is 1. The van der Waals surface area contributed by atoms with Crippen LogP contribution in [0.25, 0.3) is 0 Å². The van der Waals surface area contributed by atoms with Crippen LogP contribution >= 0.6 is 0 Å². The van der Waals surface area contributed by atoms with Gasteiger partial charge in [-0.1, -0.05) is 29.8 Å². The van der Waals surface area contributed by atoms with Crippen molar-refractivity contribution in [2.75, 3.05) is 49.5 Å². The predicted octanol–water partition coefficient (Wildman–Crippen LogP) is 2.90. The highest BCUT2D eigenvalue weighted by Crippen LogP contribution is 2.27. The van der Waals surface area contributed by atoms with Gasteiger partial charge in [0, 0.05) is 44.8 Å². The molecule has 2 saturated heterocycles. The fraction of sp³-hybridized carbons (Fsp3) is 0.385. The molecule has 1 N–H and O–H groups in total. The summed E-state index contributed by atoms with van der Waals surface area (Å²) in [5.74, 6) is -1.12. The maximum absolute atomic E-state index is 13.2. The minimum Gasteiger partial charge on any atom is -0.450 e. The highest BCUT2D eigenvalue weighted by Gasteiger charge is 2.35. The molecule has 0 aliphatic carbocycles. The lowest BCUT2D eigenvalue weighted by atomic mass is 10.1. The number of hydrogen-bond acceptors (Lipinski definition) is 5. The largest absolute Gasteiger partial charge is 0.450 e. The summed E-state index contributed by atoms with van der Waals surface area (Å²) in [6, 6.07) is 14.5. The lowest BCUT2D eigenvalue weighted by molar-refractivity contribution is -0.122. The predicted molar refractivity (Wildman–Crippen MR) is 131 cm³/mol. The number of rotatable bonds is 5. The van der Waals surface area contributed by atoms with E-state index in [-0.39, 0.29) is 30.2 Å². The first-order valence-corrected chi connectivity index (χ1v) is 11.8. The van der Waals surface area contributed by atoms with Gasteiger partial charge in [-0.3, -0.25) is 14.4 Å². The molecule has 2 heterocycles. The summed E-state index contributed by atoms with van der Waals surface area (Å²) in [5.41, 5.74) is 2.66. The van der Waals surface area contributed by atoms with Gasteiger partial charge in [-0.05, 0) is 38.1 Å². The Bertz CT molecular complexity index is 1110. The van der Waals surface area contributed by atoms with Gasteiger partial charge in [0.05, 0.1) is 23.8 Å². The second-order valence-electron chi connectivity index (χ2n) is 8.75. The first-order chi connectivity index (χ1) is 16.9. The normalized spacial score (nSPS) is 17.9. The molecule has 4 rings (SSSR count). The van der Waals surface area contributed by atoms with Crippen LogP contribution in [-0.2, 0) is 14.3 Å². The van der Waals surface area contributed by atoms with Gasteiger partial charge in [-0.25, -0.2) is 4.79 Å². The van der Waals surface area contributed by atoms with Crippen LogP contribution in [0.15, 0.2) is 48.5 Å². The summed E-state index contributed by atoms with van der Waals surface area (Å²) in [4.78, 5) is 55.6. The number of nitrogens with one attached hydrogen (secondary N) is 1. The molecule has 1 atom stereocenters. The Morgan fingerprint density at radius 3 is 2.31 bits per heavy atom. The lowest BCUT2D eigenvalue weighted by Gasteiger charge is -2.34. The van der Waals surface area contributed by atoms with Crippen LogP contribution < -0.4 is 10.2 Å². The van der Waals surface area contributed by atoms with Crippen LogP contribution in [0.1, 0.15) is 29.3 Å². The van der Waals surface area contributed by atoms with E-state index < -0.39 is 5.92 Å². The van der Waals surface area contributed by atoms with E-state index in [2.05, 4.69) is 5.32 Å². The van der Waals surface area contributed by atoms with E-state index in [1.165, 1.54) is 0 Å². The van der Waals surface area contributed by atoms with Crippen LogP contribution in [0.5, 0.6) is 0 Å². The maximum atomic E-state index is 13.2. The molecule has 2 fully saturated rings. The molecule has 1 unspecified atom stereocenters. The number of aryl methyl sites for hydroxylation is 1. The molecule has 2 aliphatic rings. The van der Waals surface area contributed by atoms with E-state index in [0.29, 0.717) is 50.6 Å². The van der Waals surface area contributed by atoms with Crippen molar-refractivity contribution in [1.29, 1.82) is 0 Å². The average molecular weight is 479 g/mol. The molecule has 0 radical (unpaired) electrons. The minimum absolute atomic E-state index is 0.0992. The van der Waals surface area contributed by atoms with Crippen LogP contribution in [0.4, 0.5) is 16.2 Å². The van der Waals surface area contributed by atoms with Crippen molar-refractivity contribution >= 4 is 35.2 Å². The Morgan fingerprint density at radius 2 is 1.63 bits per heavy atom. The molecular formula is C26H30N4O5. The van der Waals surface area contributed by atoms with Gasteiger partial charge < -0.3 is 24.8 Å². The second-order valence-corrected chi connectivity index (χ2v) is 8.75. The Morgan fingerprint density at radius 1 is 0.971 bits per heavy atom. The van der Waals surface area contributed by atoms with Crippen molar-refractivity contribution in [2.45, 2.75) is 20.3 Å². The Kier molecular flexibility index (Phi) is 7.33. The quantitative estimate of drug-likeness (QED) is 0.713. The monoisotopic (exact) mass is 478 g/mol. The van der Waals surface area contributed by atoms with Crippen molar-refractivity contribution < 1.29 is 23.9 Å². The third-order valence-electron chi connectivity index (χ3n) is 6.35. The summed E-state index contributed by atoms with van der Waals surface area (Å²) < 4.78 is 5.03. The summed E-state index contributed by atoms with van der Waals surface area (Å²) in [7, 11) is 0. The number of anilines is 2. The Hall–Kier alpha value is -3.88. The zero-order chi connectivity index (χ0) is 24.9. The lowest BCUT2D eigenvalue weighted by Crippen LogP contribution is -2.50. The first-order valence-electron chi connectivity index (χ1n) is 11.8. The Balaban J connectivity index is 1.40. The molecule has 0 saturated carbocycles. The van der Waals surface area contributed by atoms with Crippen LogP contribution in [-0.4, -0.2) is 72.9 Å². The van der Waals surface area contributed by atoms with E-state index in [4.69, 9.17) is 4.74 Å². The fourth-order valence-corrected chi connectivity index (χ4v) is 4.35. The standard InChI is InChI=1S/C26H30N4O5/c1-3-35-26(34)29-14-12-28(13-15-29)25(33)21-6-4-5-7-22(21)27-24(32)19-16-23(31)30(17-19)20-10-8-18(2)9-11-20/h4-11,19H,3,12-17H2,1-2H3,(H,27,32).